The van der Waals surface area contributed by atoms with Gasteiger partial charge in [0.05, 0.1) is 6.54 Å². The SMILES string of the molecule is CC1CN(CC(=O)NCCc2ccc(F)cc2)CCC1N.Cl. The molecule has 4 nitrogen and oxygen atoms in total. The summed E-state index contributed by atoms with van der Waals surface area (Å²) < 4.78 is 12.8. The van der Waals surface area contributed by atoms with Gasteiger partial charge in [-0.05, 0) is 36.5 Å². The molecule has 0 bridgehead atoms. The normalized spacial score (nSPS) is 22.0. The molecule has 0 spiro atoms. The van der Waals surface area contributed by atoms with E-state index in [9.17, 15) is 9.18 Å². The number of carbonyl (C=O) groups is 1. The summed E-state index contributed by atoms with van der Waals surface area (Å²) in [5.74, 6) is 0.241. The molecule has 2 unspecified atom stereocenters. The first-order chi connectivity index (χ1) is 10.0. The third kappa shape index (κ3) is 5.91. The number of rotatable bonds is 5. The van der Waals surface area contributed by atoms with Crippen molar-refractivity contribution in [3.05, 3.63) is 35.6 Å². The van der Waals surface area contributed by atoms with Crippen LogP contribution >= 0.6 is 12.4 Å². The highest BCUT2D eigenvalue weighted by molar-refractivity contribution is 5.85. The van der Waals surface area contributed by atoms with Crippen LogP contribution in [0.3, 0.4) is 0 Å². The van der Waals surface area contributed by atoms with E-state index in [2.05, 4.69) is 17.1 Å². The van der Waals surface area contributed by atoms with E-state index >= 15 is 0 Å². The van der Waals surface area contributed by atoms with Crippen molar-refractivity contribution in [3.63, 3.8) is 0 Å². The van der Waals surface area contributed by atoms with Gasteiger partial charge in [-0.2, -0.15) is 0 Å². The molecule has 3 N–H and O–H groups in total. The molecule has 2 rings (SSSR count). The van der Waals surface area contributed by atoms with E-state index < -0.39 is 0 Å². The van der Waals surface area contributed by atoms with E-state index in [0.29, 0.717) is 25.4 Å². The Bertz CT molecular complexity index is 469. The molecule has 1 fully saturated rings. The molecule has 22 heavy (non-hydrogen) atoms. The van der Waals surface area contributed by atoms with Crippen molar-refractivity contribution < 1.29 is 9.18 Å². The van der Waals surface area contributed by atoms with Crippen molar-refractivity contribution in [3.8, 4) is 0 Å². The zero-order valence-electron chi connectivity index (χ0n) is 12.9. The summed E-state index contributed by atoms with van der Waals surface area (Å²) in [7, 11) is 0. The van der Waals surface area contributed by atoms with Gasteiger partial charge in [-0.1, -0.05) is 19.1 Å². The molecule has 1 aliphatic heterocycles. The highest BCUT2D eigenvalue weighted by atomic mass is 35.5. The average molecular weight is 330 g/mol. The Morgan fingerprint density at radius 2 is 2.09 bits per heavy atom. The number of halogens is 2. The standard InChI is InChI=1S/C16H24FN3O.ClH/c1-12-10-20(9-7-15(12)18)11-16(21)19-8-6-13-2-4-14(17)5-3-13;/h2-5,12,15H,6-11,18H2,1H3,(H,19,21);1H. The van der Waals surface area contributed by atoms with Crippen molar-refractivity contribution in [2.75, 3.05) is 26.2 Å². The quantitative estimate of drug-likeness (QED) is 0.862. The minimum atomic E-state index is -0.236. The molecule has 124 valence electrons. The molecule has 1 aliphatic rings. The predicted octanol–water partition coefficient (Wildman–Crippen LogP) is 1.58. The molecule has 1 saturated heterocycles. The third-order valence-corrected chi connectivity index (χ3v) is 4.07. The molecule has 2 atom stereocenters. The topological polar surface area (TPSA) is 58.4 Å². The molecule has 0 radical (unpaired) electrons. The number of hydrogen-bond donors (Lipinski definition) is 2. The first kappa shape index (κ1) is 18.9. The lowest BCUT2D eigenvalue weighted by atomic mass is 9.95. The van der Waals surface area contributed by atoms with Crippen LogP contribution in [0, 0.1) is 11.7 Å². The maximum Gasteiger partial charge on any atom is 0.234 e. The van der Waals surface area contributed by atoms with Gasteiger partial charge in [-0.3, -0.25) is 9.69 Å². The van der Waals surface area contributed by atoms with Gasteiger partial charge < -0.3 is 11.1 Å². The van der Waals surface area contributed by atoms with E-state index in [4.69, 9.17) is 5.73 Å². The fourth-order valence-electron chi connectivity index (χ4n) is 2.65. The largest absolute Gasteiger partial charge is 0.355 e. The number of carbonyl (C=O) groups excluding carboxylic acids is 1. The maximum absolute atomic E-state index is 12.8. The Labute approximate surface area is 137 Å². The van der Waals surface area contributed by atoms with E-state index in [1.165, 1.54) is 12.1 Å². The molecule has 1 amide bonds. The first-order valence-electron chi connectivity index (χ1n) is 7.53. The van der Waals surface area contributed by atoms with Gasteiger partial charge in [-0.15, -0.1) is 12.4 Å². The third-order valence-electron chi connectivity index (χ3n) is 4.07. The van der Waals surface area contributed by atoms with E-state index in [1.54, 1.807) is 12.1 Å². The number of hydrogen-bond acceptors (Lipinski definition) is 3. The molecule has 1 aromatic carbocycles. The molecule has 0 aromatic heterocycles. The molecule has 1 aromatic rings. The Hall–Kier alpha value is -1.17. The lowest BCUT2D eigenvalue weighted by Gasteiger charge is -2.34. The van der Waals surface area contributed by atoms with Crippen molar-refractivity contribution in [1.29, 1.82) is 0 Å². The number of likely N-dealkylation sites (tertiary alicyclic amines) is 1. The van der Waals surface area contributed by atoms with Gasteiger partial charge >= 0.3 is 0 Å². The lowest BCUT2D eigenvalue weighted by Crippen LogP contribution is -2.49. The van der Waals surface area contributed by atoms with Crippen LogP contribution in [0.1, 0.15) is 18.9 Å². The minimum absolute atomic E-state index is 0. The zero-order chi connectivity index (χ0) is 15.2. The molecule has 1 heterocycles. The summed E-state index contributed by atoms with van der Waals surface area (Å²) in [4.78, 5) is 14.1. The zero-order valence-corrected chi connectivity index (χ0v) is 13.7. The monoisotopic (exact) mass is 329 g/mol. The van der Waals surface area contributed by atoms with Crippen LogP contribution in [-0.4, -0.2) is 43.0 Å². The second-order valence-electron chi connectivity index (χ2n) is 5.89. The van der Waals surface area contributed by atoms with Crippen molar-refractivity contribution in [2.24, 2.45) is 11.7 Å². The number of amides is 1. The Balaban J connectivity index is 0.00000242. The average Bonchev–Trinajstić information content (AvgIpc) is 2.45. The Kier molecular flexibility index (Phi) is 7.79. The number of benzene rings is 1. The Morgan fingerprint density at radius 3 is 2.73 bits per heavy atom. The van der Waals surface area contributed by atoms with Crippen LogP contribution in [0.25, 0.3) is 0 Å². The Morgan fingerprint density at radius 1 is 1.41 bits per heavy atom. The van der Waals surface area contributed by atoms with E-state index in [0.717, 1.165) is 25.1 Å². The van der Waals surface area contributed by atoms with Crippen LogP contribution in [0.5, 0.6) is 0 Å². The molecular formula is C16H25ClFN3O. The number of nitrogens with one attached hydrogen (secondary N) is 1. The van der Waals surface area contributed by atoms with Crippen LogP contribution in [0.4, 0.5) is 4.39 Å². The predicted molar refractivity (Wildman–Crippen MR) is 88.6 cm³/mol. The maximum atomic E-state index is 12.8. The summed E-state index contributed by atoms with van der Waals surface area (Å²) in [6.45, 7) is 4.90. The molecular weight excluding hydrogens is 305 g/mol. The van der Waals surface area contributed by atoms with Crippen molar-refractivity contribution >= 4 is 18.3 Å². The smallest absolute Gasteiger partial charge is 0.234 e. The summed E-state index contributed by atoms with van der Waals surface area (Å²) in [6, 6.07) is 6.62. The molecule has 0 saturated carbocycles. The first-order valence-corrected chi connectivity index (χ1v) is 7.53. The van der Waals surface area contributed by atoms with E-state index in [-0.39, 0.29) is 30.2 Å². The number of nitrogens with two attached hydrogens (primary N) is 1. The van der Waals surface area contributed by atoms with Crippen LogP contribution in [-0.2, 0) is 11.2 Å². The van der Waals surface area contributed by atoms with Gasteiger partial charge in [0.2, 0.25) is 5.91 Å². The second kappa shape index (κ2) is 9.08. The van der Waals surface area contributed by atoms with Crippen molar-refractivity contribution in [1.82, 2.24) is 10.2 Å². The molecule has 6 heteroatoms. The highest BCUT2D eigenvalue weighted by Crippen LogP contribution is 2.14. The number of piperidine rings is 1. The fourth-order valence-corrected chi connectivity index (χ4v) is 2.65. The summed E-state index contributed by atoms with van der Waals surface area (Å²) >= 11 is 0. The number of nitrogens with zero attached hydrogens (tertiary/aromatic N) is 1. The van der Waals surface area contributed by atoms with E-state index in [1.807, 2.05) is 0 Å². The van der Waals surface area contributed by atoms with Gasteiger partial charge in [0, 0.05) is 25.7 Å². The van der Waals surface area contributed by atoms with Gasteiger partial charge in [0.15, 0.2) is 0 Å². The minimum Gasteiger partial charge on any atom is -0.355 e. The summed E-state index contributed by atoms with van der Waals surface area (Å²) in [6.07, 6.45) is 1.66. The van der Waals surface area contributed by atoms with Crippen LogP contribution in [0.2, 0.25) is 0 Å². The summed E-state index contributed by atoms with van der Waals surface area (Å²) in [5.41, 5.74) is 7.00. The van der Waals surface area contributed by atoms with Gasteiger partial charge in [-0.25, -0.2) is 4.39 Å². The highest BCUT2D eigenvalue weighted by Gasteiger charge is 2.24. The fraction of sp³-hybridized carbons (Fsp3) is 0.562. The molecule has 0 aliphatic carbocycles. The summed E-state index contributed by atoms with van der Waals surface area (Å²) in [5, 5.41) is 2.91. The van der Waals surface area contributed by atoms with Crippen molar-refractivity contribution in [2.45, 2.75) is 25.8 Å². The second-order valence-corrected chi connectivity index (χ2v) is 5.89. The van der Waals surface area contributed by atoms with Gasteiger partial charge in [0.1, 0.15) is 5.82 Å². The van der Waals surface area contributed by atoms with Crippen LogP contribution in [0.15, 0.2) is 24.3 Å². The van der Waals surface area contributed by atoms with Crippen LogP contribution < -0.4 is 11.1 Å². The van der Waals surface area contributed by atoms with Gasteiger partial charge in [0.25, 0.3) is 0 Å². The lowest BCUT2D eigenvalue weighted by molar-refractivity contribution is -0.122.